The Balaban J connectivity index is 1.85. The number of benzene rings is 2. The first-order valence-corrected chi connectivity index (χ1v) is 8.56. The molecule has 3 rings (SSSR count). The predicted molar refractivity (Wildman–Crippen MR) is 97.5 cm³/mol. The Morgan fingerprint density at radius 3 is 2.46 bits per heavy atom. The summed E-state index contributed by atoms with van der Waals surface area (Å²) in [5.74, 6) is 0.370. The Morgan fingerprint density at radius 1 is 1.12 bits per heavy atom. The second-order valence-electron chi connectivity index (χ2n) is 6.52. The van der Waals surface area contributed by atoms with Crippen LogP contribution in [0.2, 0.25) is 0 Å². The lowest BCUT2D eigenvalue weighted by Gasteiger charge is -2.21. The molecule has 0 amide bonds. The van der Waals surface area contributed by atoms with Gasteiger partial charge in [0.1, 0.15) is 12.0 Å². The maximum atomic E-state index is 11.2. The molecule has 0 spiro atoms. The Labute approximate surface area is 152 Å². The standard InChI is InChI=1S/C21H22O5/c1-13-7-18(26-20-12-24-11-19(20)25-15(3)23)8-14(2)21(13)17-6-4-5-16(9-17)10-22/h4-10,19-20H,11-12H2,1-3H3/t19-,20-/m1/s1/i15+1. The maximum absolute atomic E-state index is 11.2. The van der Waals surface area contributed by atoms with E-state index in [2.05, 4.69) is 0 Å². The first-order chi connectivity index (χ1) is 12.5. The lowest BCUT2D eigenvalue weighted by Crippen LogP contribution is -2.33. The summed E-state index contributed by atoms with van der Waals surface area (Å²) >= 11 is 0. The average Bonchev–Trinajstić information content (AvgIpc) is 3.00. The minimum Gasteiger partial charge on any atom is -0.484 e. The van der Waals surface area contributed by atoms with Crippen molar-refractivity contribution < 1.29 is 23.8 Å². The highest BCUT2D eigenvalue weighted by Gasteiger charge is 2.33. The van der Waals surface area contributed by atoms with Crippen molar-refractivity contribution in [1.82, 2.24) is 0 Å². The molecule has 1 aliphatic heterocycles. The Morgan fingerprint density at radius 2 is 1.81 bits per heavy atom. The number of carbonyl (C=O) groups excluding carboxylic acids is 2. The van der Waals surface area contributed by atoms with E-state index in [0.29, 0.717) is 24.5 Å². The second-order valence-corrected chi connectivity index (χ2v) is 6.52. The predicted octanol–water partition coefficient (Wildman–Crippen LogP) is 3.49. The van der Waals surface area contributed by atoms with Gasteiger partial charge >= 0.3 is 5.97 Å². The van der Waals surface area contributed by atoms with Crippen LogP contribution in [0.3, 0.4) is 0 Å². The van der Waals surface area contributed by atoms with Gasteiger partial charge in [-0.15, -0.1) is 0 Å². The fraction of sp³-hybridized carbons (Fsp3) is 0.333. The summed E-state index contributed by atoms with van der Waals surface area (Å²) in [5.41, 5.74) is 4.82. The Bertz CT molecular complexity index is 804. The fourth-order valence-electron chi connectivity index (χ4n) is 3.34. The molecule has 5 heteroatoms. The normalized spacial score (nSPS) is 19.2. The Hall–Kier alpha value is -2.66. The van der Waals surface area contributed by atoms with Crippen LogP contribution in [0, 0.1) is 13.8 Å². The zero-order valence-corrected chi connectivity index (χ0v) is 15.2. The lowest BCUT2D eigenvalue weighted by molar-refractivity contribution is -0.149. The minimum absolute atomic E-state index is 0.318. The third-order valence-corrected chi connectivity index (χ3v) is 4.40. The summed E-state index contributed by atoms with van der Waals surface area (Å²) < 4.78 is 16.7. The van der Waals surface area contributed by atoms with Gasteiger partial charge in [0.15, 0.2) is 12.2 Å². The molecule has 1 aliphatic rings. The number of carbonyl (C=O) groups is 2. The molecule has 2 aromatic carbocycles. The van der Waals surface area contributed by atoms with Gasteiger partial charge in [0, 0.05) is 12.5 Å². The second kappa shape index (κ2) is 7.70. The molecular formula is C21H22O5. The van der Waals surface area contributed by atoms with E-state index in [1.54, 1.807) is 6.07 Å². The molecule has 0 radical (unpaired) electrons. The van der Waals surface area contributed by atoms with Crippen molar-refractivity contribution in [3.8, 4) is 16.9 Å². The molecule has 0 N–H and O–H groups in total. The summed E-state index contributed by atoms with van der Waals surface area (Å²) in [6.07, 6.45) is 0.139. The van der Waals surface area contributed by atoms with Gasteiger partial charge in [0.05, 0.1) is 13.2 Å². The maximum Gasteiger partial charge on any atom is 0.303 e. The number of hydrogen-bond donors (Lipinski definition) is 0. The van der Waals surface area contributed by atoms with E-state index < -0.39 is 6.10 Å². The van der Waals surface area contributed by atoms with E-state index in [1.807, 2.05) is 44.2 Å². The highest BCUT2D eigenvalue weighted by atomic mass is 16.7. The van der Waals surface area contributed by atoms with Crippen molar-refractivity contribution in [3.05, 3.63) is 53.1 Å². The SMILES string of the molecule is Cc1cc(O[C@@H]2COC[C@H]2O[13C](C)=O)cc(C)c1-c1cccc(C=O)c1. The fourth-order valence-corrected chi connectivity index (χ4v) is 3.34. The van der Waals surface area contributed by atoms with Crippen LogP contribution in [-0.2, 0) is 14.3 Å². The van der Waals surface area contributed by atoms with Crippen molar-refractivity contribution in [2.24, 2.45) is 0 Å². The number of aldehydes is 1. The van der Waals surface area contributed by atoms with E-state index in [9.17, 15) is 9.59 Å². The summed E-state index contributed by atoms with van der Waals surface area (Å²) in [7, 11) is 0. The van der Waals surface area contributed by atoms with Crippen LogP contribution in [0.4, 0.5) is 0 Å². The number of hydrogen-bond acceptors (Lipinski definition) is 5. The molecule has 2 atom stereocenters. The first kappa shape index (κ1) is 18.1. The van der Waals surface area contributed by atoms with Crippen LogP contribution in [0.1, 0.15) is 28.4 Å². The van der Waals surface area contributed by atoms with Gasteiger partial charge in [-0.1, -0.05) is 18.2 Å². The topological polar surface area (TPSA) is 61.8 Å². The highest BCUT2D eigenvalue weighted by Crippen LogP contribution is 2.32. The van der Waals surface area contributed by atoms with Crippen molar-refractivity contribution in [3.63, 3.8) is 0 Å². The summed E-state index contributed by atoms with van der Waals surface area (Å²) in [5, 5.41) is 0. The van der Waals surface area contributed by atoms with E-state index in [1.165, 1.54) is 6.92 Å². The number of ether oxygens (including phenoxy) is 3. The molecule has 26 heavy (non-hydrogen) atoms. The van der Waals surface area contributed by atoms with Crippen LogP contribution in [-0.4, -0.2) is 37.7 Å². The van der Waals surface area contributed by atoms with E-state index in [-0.39, 0.29) is 12.1 Å². The summed E-state index contributed by atoms with van der Waals surface area (Å²) in [6, 6.07) is 11.4. The average molecular weight is 355 g/mol. The molecule has 2 aromatic rings. The zero-order valence-electron chi connectivity index (χ0n) is 15.2. The molecule has 0 unspecified atom stereocenters. The van der Waals surface area contributed by atoms with Crippen LogP contribution >= 0.6 is 0 Å². The van der Waals surface area contributed by atoms with Crippen LogP contribution < -0.4 is 4.74 Å². The smallest absolute Gasteiger partial charge is 0.303 e. The van der Waals surface area contributed by atoms with E-state index in [0.717, 1.165) is 28.5 Å². The Kier molecular flexibility index (Phi) is 5.38. The third kappa shape index (κ3) is 3.94. The van der Waals surface area contributed by atoms with Crippen LogP contribution in [0.25, 0.3) is 11.1 Å². The molecule has 0 saturated carbocycles. The van der Waals surface area contributed by atoms with Gasteiger partial charge in [0.25, 0.3) is 0 Å². The van der Waals surface area contributed by atoms with Crippen molar-refractivity contribution in [2.75, 3.05) is 13.2 Å². The third-order valence-electron chi connectivity index (χ3n) is 4.40. The molecule has 1 heterocycles. The van der Waals surface area contributed by atoms with Gasteiger partial charge in [-0.05, 0) is 54.3 Å². The molecule has 0 aromatic heterocycles. The van der Waals surface area contributed by atoms with Crippen LogP contribution in [0.5, 0.6) is 5.75 Å². The van der Waals surface area contributed by atoms with Crippen molar-refractivity contribution in [1.29, 1.82) is 0 Å². The van der Waals surface area contributed by atoms with Gasteiger partial charge in [-0.2, -0.15) is 0 Å². The highest BCUT2D eigenvalue weighted by molar-refractivity contribution is 5.80. The van der Waals surface area contributed by atoms with Gasteiger partial charge in [0.2, 0.25) is 0 Å². The lowest BCUT2D eigenvalue weighted by atomic mass is 9.94. The first-order valence-electron chi connectivity index (χ1n) is 8.56. The van der Waals surface area contributed by atoms with Crippen molar-refractivity contribution in [2.45, 2.75) is 33.0 Å². The number of aryl methyl sites for hydroxylation is 2. The molecular weight excluding hydrogens is 333 g/mol. The van der Waals surface area contributed by atoms with E-state index >= 15 is 0 Å². The van der Waals surface area contributed by atoms with Gasteiger partial charge in [-0.3, -0.25) is 9.59 Å². The quantitative estimate of drug-likeness (QED) is 0.467. The van der Waals surface area contributed by atoms with Gasteiger partial charge in [-0.25, -0.2) is 0 Å². The molecule has 136 valence electrons. The molecule has 5 nitrogen and oxygen atoms in total. The minimum atomic E-state index is -0.392. The van der Waals surface area contributed by atoms with Gasteiger partial charge < -0.3 is 14.2 Å². The summed E-state index contributed by atoms with van der Waals surface area (Å²) in [6.45, 7) is 6.14. The van der Waals surface area contributed by atoms with Crippen LogP contribution in [0.15, 0.2) is 36.4 Å². The monoisotopic (exact) mass is 355 g/mol. The molecule has 1 fully saturated rings. The molecule has 1 saturated heterocycles. The number of rotatable bonds is 5. The van der Waals surface area contributed by atoms with Crippen molar-refractivity contribution >= 4 is 12.3 Å². The van der Waals surface area contributed by atoms with E-state index in [4.69, 9.17) is 14.2 Å². The number of esters is 1. The summed E-state index contributed by atoms with van der Waals surface area (Å²) in [4.78, 5) is 22.2. The molecule has 0 aliphatic carbocycles. The molecule has 0 bridgehead atoms. The largest absolute Gasteiger partial charge is 0.484 e. The zero-order chi connectivity index (χ0) is 18.7.